The molecule has 1 aromatic carbocycles. The highest BCUT2D eigenvalue weighted by Gasteiger charge is 2.35. The van der Waals surface area contributed by atoms with Crippen molar-refractivity contribution in [3.05, 3.63) is 68.0 Å². The van der Waals surface area contributed by atoms with Gasteiger partial charge in [-0.25, -0.2) is 4.79 Å². The van der Waals surface area contributed by atoms with Gasteiger partial charge in [0.25, 0.3) is 5.56 Å². The summed E-state index contributed by atoms with van der Waals surface area (Å²) in [7, 11) is 0. The molecule has 148 valence electrons. The van der Waals surface area contributed by atoms with Gasteiger partial charge in [-0.05, 0) is 24.3 Å². The van der Waals surface area contributed by atoms with Crippen LogP contribution < -0.4 is 11.2 Å². The van der Waals surface area contributed by atoms with Gasteiger partial charge in [0.15, 0.2) is 0 Å². The fourth-order valence-electron chi connectivity index (χ4n) is 2.72. The molecule has 1 aromatic heterocycles. The van der Waals surface area contributed by atoms with E-state index in [-0.39, 0.29) is 17.5 Å². The summed E-state index contributed by atoms with van der Waals surface area (Å²) in [6, 6.07) is 4.08. The van der Waals surface area contributed by atoms with E-state index in [0.29, 0.717) is 0 Å². The van der Waals surface area contributed by atoms with Crippen LogP contribution in [-0.4, -0.2) is 38.6 Å². The van der Waals surface area contributed by atoms with Gasteiger partial charge in [0.05, 0.1) is 18.3 Å². The summed E-state index contributed by atoms with van der Waals surface area (Å²) >= 11 is 0. The average Bonchev–Trinajstić information content (AvgIpc) is 3.01. The van der Waals surface area contributed by atoms with Crippen LogP contribution in [0.3, 0.4) is 0 Å². The van der Waals surface area contributed by atoms with E-state index < -0.39 is 48.0 Å². The summed E-state index contributed by atoms with van der Waals surface area (Å²) in [4.78, 5) is 26.0. The van der Waals surface area contributed by atoms with Crippen LogP contribution in [0.25, 0.3) is 0 Å². The van der Waals surface area contributed by atoms with Gasteiger partial charge < -0.3 is 14.9 Å². The lowest BCUT2D eigenvalue weighted by Gasteiger charge is -2.14. The van der Waals surface area contributed by atoms with Gasteiger partial charge in [-0.1, -0.05) is 11.8 Å². The van der Waals surface area contributed by atoms with Crippen molar-refractivity contribution in [1.29, 1.82) is 0 Å². The van der Waals surface area contributed by atoms with E-state index in [9.17, 15) is 27.9 Å². The lowest BCUT2D eigenvalue weighted by molar-refractivity contribution is -0.137. The van der Waals surface area contributed by atoms with Crippen LogP contribution >= 0.6 is 0 Å². The number of aliphatic hydroxyl groups excluding tert-OH is 2. The minimum absolute atomic E-state index is 0.0307. The van der Waals surface area contributed by atoms with Crippen molar-refractivity contribution in [3.8, 4) is 11.8 Å². The number of ether oxygens (including phenoxy) is 1. The van der Waals surface area contributed by atoms with Crippen molar-refractivity contribution in [2.75, 3.05) is 6.61 Å². The Kier molecular flexibility index (Phi) is 5.42. The summed E-state index contributed by atoms with van der Waals surface area (Å²) in [6.45, 7) is -0.434. The monoisotopic (exact) mass is 396 g/mol. The van der Waals surface area contributed by atoms with Crippen LogP contribution in [0, 0.1) is 11.8 Å². The van der Waals surface area contributed by atoms with Gasteiger partial charge in [-0.2, -0.15) is 13.2 Å². The predicted molar refractivity (Wildman–Crippen MR) is 90.4 cm³/mol. The number of nitrogens with zero attached hydrogens (tertiary/aromatic N) is 1. The maximum absolute atomic E-state index is 12.6. The third-order valence-corrected chi connectivity index (χ3v) is 4.22. The molecule has 3 atom stereocenters. The summed E-state index contributed by atoms with van der Waals surface area (Å²) in [5, 5.41) is 18.9. The molecular formula is C18H15F3N2O5. The molecule has 0 bridgehead atoms. The number of hydrogen-bond donors (Lipinski definition) is 3. The molecule has 10 heteroatoms. The number of hydrogen-bond acceptors (Lipinski definition) is 5. The Balaban J connectivity index is 1.89. The lowest BCUT2D eigenvalue weighted by atomic mass is 10.1. The highest BCUT2D eigenvalue weighted by Crippen LogP contribution is 2.29. The maximum Gasteiger partial charge on any atom is 0.416 e. The van der Waals surface area contributed by atoms with Crippen molar-refractivity contribution in [2.45, 2.75) is 31.0 Å². The molecule has 3 N–H and O–H groups in total. The predicted octanol–water partition coefficient (Wildman–Crippen LogP) is 0.596. The minimum Gasteiger partial charge on any atom is -0.394 e. The lowest BCUT2D eigenvalue weighted by Crippen LogP contribution is -2.33. The average molecular weight is 396 g/mol. The Hall–Kier alpha value is -2.87. The Morgan fingerprint density at radius 1 is 1.21 bits per heavy atom. The minimum atomic E-state index is -4.46. The molecule has 7 nitrogen and oxygen atoms in total. The third kappa shape index (κ3) is 4.17. The molecule has 0 unspecified atom stereocenters. The van der Waals surface area contributed by atoms with Gasteiger partial charge in [0.2, 0.25) is 0 Å². The Morgan fingerprint density at radius 2 is 1.89 bits per heavy atom. The van der Waals surface area contributed by atoms with Crippen LogP contribution in [0.4, 0.5) is 13.2 Å². The molecule has 1 fully saturated rings. The highest BCUT2D eigenvalue weighted by atomic mass is 19.4. The smallest absolute Gasteiger partial charge is 0.394 e. The zero-order chi connectivity index (χ0) is 20.5. The van der Waals surface area contributed by atoms with Crippen molar-refractivity contribution >= 4 is 0 Å². The SMILES string of the molecule is O=c1[nH]c(=O)n([C@H]2C[C@H](O)[C@@H](CO)O2)cc1C#Cc1ccc(C(F)(F)F)cc1. The first-order valence-electron chi connectivity index (χ1n) is 8.18. The Labute approximate surface area is 156 Å². The highest BCUT2D eigenvalue weighted by molar-refractivity contribution is 5.42. The number of aromatic amines is 1. The largest absolute Gasteiger partial charge is 0.416 e. The normalized spacial score (nSPS) is 22.0. The fourth-order valence-corrected chi connectivity index (χ4v) is 2.72. The van der Waals surface area contributed by atoms with Gasteiger partial charge in [0, 0.05) is 18.2 Å². The van der Waals surface area contributed by atoms with Crippen LogP contribution in [-0.2, 0) is 10.9 Å². The first-order chi connectivity index (χ1) is 13.2. The molecule has 28 heavy (non-hydrogen) atoms. The zero-order valence-corrected chi connectivity index (χ0v) is 14.2. The molecule has 1 aliphatic heterocycles. The number of rotatable bonds is 2. The van der Waals surface area contributed by atoms with Crippen LogP contribution in [0.1, 0.15) is 29.3 Å². The molecular weight excluding hydrogens is 381 g/mol. The number of alkyl halides is 3. The van der Waals surface area contributed by atoms with Crippen LogP contribution in [0.15, 0.2) is 40.1 Å². The first kappa shape index (κ1) is 19.9. The van der Waals surface area contributed by atoms with E-state index >= 15 is 0 Å². The van der Waals surface area contributed by atoms with Crippen molar-refractivity contribution in [1.82, 2.24) is 9.55 Å². The van der Waals surface area contributed by atoms with E-state index in [4.69, 9.17) is 9.84 Å². The molecule has 1 saturated heterocycles. The van der Waals surface area contributed by atoms with Crippen molar-refractivity contribution in [3.63, 3.8) is 0 Å². The van der Waals surface area contributed by atoms with E-state index in [1.807, 2.05) is 0 Å². The second kappa shape index (κ2) is 7.63. The molecule has 2 aromatic rings. The Morgan fingerprint density at radius 3 is 2.46 bits per heavy atom. The first-order valence-corrected chi connectivity index (χ1v) is 8.18. The number of aromatic nitrogens is 2. The van der Waals surface area contributed by atoms with E-state index in [2.05, 4.69) is 16.8 Å². The van der Waals surface area contributed by atoms with Gasteiger partial charge in [0.1, 0.15) is 17.9 Å². The maximum atomic E-state index is 12.6. The second-order valence-corrected chi connectivity index (χ2v) is 6.15. The molecule has 0 radical (unpaired) electrons. The summed E-state index contributed by atoms with van der Waals surface area (Å²) in [6.07, 6.45) is -6.01. The number of halogens is 3. The molecule has 3 rings (SSSR count). The molecule has 1 aliphatic rings. The number of nitrogens with one attached hydrogen (secondary N) is 1. The van der Waals surface area contributed by atoms with E-state index in [0.717, 1.165) is 22.9 Å². The quantitative estimate of drug-likeness (QED) is 0.645. The van der Waals surface area contributed by atoms with Crippen molar-refractivity contribution < 1.29 is 28.1 Å². The fraction of sp³-hybridized carbons (Fsp3) is 0.333. The molecule has 2 heterocycles. The summed E-state index contributed by atoms with van der Waals surface area (Å²) in [5.41, 5.74) is -2.22. The van der Waals surface area contributed by atoms with Gasteiger partial charge in [-0.3, -0.25) is 14.3 Å². The molecule has 0 saturated carbocycles. The van der Waals surface area contributed by atoms with Gasteiger partial charge >= 0.3 is 11.9 Å². The molecule has 0 spiro atoms. The van der Waals surface area contributed by atoms with Crippen molar-refractivity contribution in [2.24, 2.45) is 0 Å². The van der Waals surface area contributed by atoms with E-state index in [1.165, 1.54) is 12.1 Å². The summed E-state index contributed by atoms with van der Waals surface area (Å²) < 4.78 is 44.1. The Bertz CT molecular complexity index is 1030. The zero-order valence-electron chi connectivity index (χ0n) is 14.2. The summed E-state index contributed by atoms with van der Waals surface area (Å²) in [5.74, 6) is 5.08. The van der Waals surface area contributed by atoms with E-state index in [1.54, 1.807) is 0 Å². The van der Waals surface area contributed by atoms with Crippen LogP contribution in [0.5, 0.6) is 0 Å². The topological polar surface area (TPSA) is 105 Å². The van der Waals surface area contributed by atoms with Gasteiger partial charge in [-0.15, -0.1) is 0 Å². The molecule has 0 amide bonds. The number of H-pyrrole nitrogens is 1. The third-order valence-electron chi connectivity index (χ3n) is 4.22. The second-order valence-electron chi connectivity index (χ2n) is 6.15. The standard InChI is InChI=1S/C18H15F3N2O5/c19-18(20,21)12-5-2-10(3-6-12)1-4-11-8-23(17(27)22-16(11)26)15-7-13(25)14(9-24)28-15/h2-3,5-6,8,13-15,24-25H,7,9H2,(H,22,26,27)/t13-,14+,15+/m0/s1. The molecule has 0 aliphatic carbocycles. The van der Waals surface area contributed by atoms with Crippen LogP contribution in [0.2, 0.25) is 0 Å². The number of benzene rings is 1. The number of aliphatic hydroxyl groups is 2.